The fraction of sp³-hybridized carbons (Fsp3) is 0.278. The van der Waals surface area contributed by atoms with E-state index in [1.807, 2.05) is 38.2 Å². The number of unbranched alkanes of at least 4 members (excludes halogenated alkanes) is 1. The van der Waals surface area contributed by atoms with Crippen LogP contribution < -0.4 is 0 Å². The number of allylic oxidation sites excluding steroid dienone is 5. The van der Waals surface area contributed by atoms with Gasteiger partial charge >= 0.3 is 0 Å². The van der Waals surface area contributed by atoms with Crippen LogP contribution in [0, 0.1) is 0 Å². The Morgan fingerprint density at radius 3 is 2.82 bits per heavy atom. The van der Waals surface area contributed by atoms with Crippen LogP contribution >= 0.6 is 27.5 Å². The monoisotopic (exact) mass is 378 g/mol. The van der Waals surface area contributed by atoms with E-state index >= 15 is 0 Å². The maximum atomic E-state index is 6.35. The largest absolute Gasteiger partial charge is 0.314 e. The van der Waals surface area contributed by atoms with Gasteiger partial charge in [-0.25, -0.2) is 4.98 Å². The lowest BCUT2D eigenvalue weighted by Crippen LogP contribution is -2.18. The summed E-state index contributed by atoms with van der Waals surface area (Å²) in [6, 6.07) is 5.92. The van der Waals surface area contributed by atoms with Crippen LogP contribution in [-0.4, -0.2) is 9.88 Å². The Kier molecular flexibility index (Phi) is 6.04. The third-order valence-electron chi connectivity index (χ3n) is 3.41. The van der Waals surface area contributed by atoms with E-state index in [4.69, 9.17) is 11.6 Å². The number of nitrogens with zero attached hydrogens (tertiary/aromatic N) is 2. The van der Waals surface area contributed by atoms with Gasteiger partial charge in [-0.2, -0.15) is 0 Å². The molecule has 2 nitrogen and oxygen atoms in total. The molecule has 1 aromatic heterocycles. The van der Waals surface area contributed by atoms with Crippen molar-refractivity contribution in [3.05, 3.63) is 69.2 Å². The summed E-state index contributed by atoms with van der Waals surface area (Å²) in [4.78, 5) is 6.68. The zero-order valence-corrected chi connectivity index (χ0v) is 15.4. The molecule has 0 saturated heterocycles. The standard InChI is InChI=1S/C18H20BrClN2/c1-4-6-8-14-11-13(3)15(20)12-22(14)17(5-2)16-9-7-10-18(19)21-16/h5,7-12H,4,6H2,1-3H3/b14-8+,17-5-. The van der Waals surface area contributed by atoms with Crippen LogP contribution in [0.1, 0.15) is 39.3 Å². The molecule has 0 radical (unpaired) electrons. The van der Waals surface area contributed by atoms with Crippen molar-refractivity contribution in [1.82, 2.24) is 9.88 Å². The lowest BCUT2D eigenvalue weighted by molar-refractivity contribution is 0.656. The second-order valence-electron chi connectivity index (χ2n) is 5.11. The summed E-state index contributed by atoms with van der Waals surface area (Å²) in [5.74, 6) is 0. The summed E-state index contributed by atoms with van der Waals surface area (Å²) in [5, 5.41) is 0.753. The summed E-state index contributed by atoms with van der Waals surface area (Å²) >= 11 is 9.79. The van der Waals surface area contributed by atoms with Crippen LogP contribution in [0.15, 0.2) is 63.5 Å². The molecule has 0 fully saturated rings. The summed E-state index contributed by atoms with van der Waals surface area (Å²) in [7, 11) is 0. The molecule has 2 heterocycles. The molecule has 2 rings (SSSR count). The molecule has 0 saturated carbocycles. The number of rotatable bonds is 4. The summed E-state index contributed by atoms with van der Waals surface area (Å²) < 4.78 is 0.822. The molecule has 0 bridgehead atoms. The molecule has 0 aromatic carbocycles. The van der Waals surface area contributed by atoms with Crippen molar-refractivity contribution < 1.29 is 0 Å². The average molecular weight is 380 g/mol. The zero-order valence-electron chi connectivity index (χ0n) is 13.1. The molecule has 1 aliphatic heterocycles. The zero-order chi connectivity index (χ0) is 16.1. The quantitative estimate of drug-likeness (QED) is 0.576. The predicted molar refractivity (Wildman–Crippen MR) is 98.1 cm³/mol. The summed E-state index contributed by atoms with van der Waals surface area (Å²) in [5.41, 5.74) is 4.15. The maximum absolute atomic E-state index is 6.35. The SMILES string of the molecule is C/C=C(/c1cccc(Br)n1)N1C=C(Cl)C(C)=C/C1=C\CCC. The first-order chi connectivity index (χ1) is 10.6. The van der Waals surface area contributed by atoms with Crippen molar-refractivity contribution in [2.45, 2.75) is 33.6 Å². The van der Waals surface area contributed by atoms with E-state index in [0.29, 0.717) is 0 Å². The van der Waals surface area contributed by atoms with Gasteiger partial charge in [0.1, 0.15) is 4.60 Å². The first kappa shape index (κ1) is 17.0. The number of hydrogen-bond acceptors (Lipinski definition) is 2. The highest BCUT2D eigenvalue weighted by Gasteiger charge is 2.18. The van der Waals surface area contributed by atoms with Crippen molar-refractivity contribution >= 4 is 33.2 Å². The molecule has 0 N–H and O–H groups in total. The van der Waals surface area contributed by atoms with Gasteiger partial charge in [-0.15, -0.1) is 0 Å². The molecule has 0 aliphatic carbocycles. The molecule has 0 amide bonds. The van der Waals surface area contributed by atoms with Crippen LogP contribution in [0.3, 0.4) is 0 Å². The highest BCUT2D eigenvalue weighted by Crippen LogP contribution is 2.32. The van der Waals surface area contributed by atoms with Gasteiger partial charge in [-0.05, 0) is 60.0 Å². The molecule has 1 aliphatic rings. The molecular weight excluding hydrogens is 360 g/mol. The molecular formula is C18H20BrClN2. The van der Waals surface area contributed by atoms with Gasteiger partial charge in [0.25, 0.3) is 0 Å². The van der Waals surface area contributed by atoms with E-state index in [0.717, 1.165) is 45.1 Å². The van der Waals surface area contributed by atoms with Gasteiger partial charge in [0.05, 0.1) is 16.4 Å². The number of halogens is 2. The minimum atomic E-state index is 0.753. The van der Waals surface area contributed by atoms with Crippen LogP contribution in [-0.2, 0) is 0 Å². The molecule has 0 spiro atoms. The van der Waals surface area contributed by atoms with E-state index in [1.54, 1.807) is 0 Å². The van der Waals surface area contributed by atoms with Crippen LogP contribution in [0.5, 0.6) is 0 Å². The molecule has 4 heteroatoms. The molecule has 116 valence electrons. The second-order valence-corrected chi connectivity index (χ2v) is 6.33. The van der Waals surface area contributed by atoms with E-state index in [1.165, 1.54) is 0 Å². The van der Waals surface area contributed by atoms with E-state index in [-0.39, 0.29) is 0 Å². The van der Waals surface area contributed by atoms with E-state index in [9.17, 15) is 0 Å². The highest BCUT2D eigenvalue weighted by atomic mass is 79.9. The lowest BCUT2D eigenvalue weighted by Gasteiger charge is -2.28. The first-order valence-corrected chi connectivity index (χ1v) is 8.58. The Morgan fingerprint density at radius 2 is 2.18 bits per heavy atom. The van der Waals surface area contributed by atoms with Gasteiger partial charge in [0.15, 0.2) is 0 Å². The molecule has 0 atom stereocenters. The second kappa shape index (κ2) is 7.80. The van der Waals surface area contributed by atoms with Crippen LogP contribution in [0.4, 0.5) is 0 Å². The highest BCUT2D eigenvalue weighted by molar-refractivity contribution is 9.10. The normalized spacial score (nSPS) is 17.6. The third kappa shape index (κ3) is 3.90. The summed E-state index contributed by atoms with van der Waals surface area (Å²) in [6.07, 6.45) is 10.5. The van der Waals surface area contributed by atoms with Gasteiger partial charge in [-0.3, -0.25) is 0 Å². The van der Waals surface area contributed by atoms with Gasteiger partial charge in [-0.1, -0.05) is 43.2 Å². The minimum Gasteiger partial charge on any atom is -0.314 e. The van der Waals surface area contributed by atoms with Gasteiger partial charge in [0, 0.05) is 11.9 Å². The van der Waals surface area contributed by atoms with E-state index in [2.05, 4.69) is 51.0 Å². The average Bonchev–Trinajstić information content (AvgIpc) is 2.50. The van der Waals surface area contributed by atoms with Crippen LogP contribution in [0.2, 0.25) is 0 Å². The van der Waals surface area contributed by atoms with Crippen LogP contribution in [0.25, 0.3) is 5.70 Å². The number of hydrogen-bond donors (Lipinski definition) is 0. The smallest absolute Gasteiger partial charge is 0.106 e. The van der Waals surface area contributed by atoms with Gasteiger partial charge < -0.3 is 4.90 Å². The van der Waals surface area contributed by atoms with Crippen molar-refractivity contribution in [3.8, 4) is 0 Å². The van der Waals surface area contributed by atoms with Crippen molar-refractivity contribution in [2.24, 2.45) is 0 Å². The maximum Gasteiger partial charge on any atom is 0.106 e. The Morgan fingerprint density at radius 1 is 1.41 bits per heavy atom. The van der Waals surface area contributed by atoms with E-state index < -0.39 is 0 Å². The topological polar surface area (TPSA) is 16.1 Å². The fourth-order valence-electron chi connectivity index (χ4n) is 2.27. The van der Waals surface area contributed by atoms with Crippen molar-refractivity contribution in [3.63, 3.8) is 0 Å². The third-order valence-corrected chi connectivity index (χ3v) is 4.25. The first-order valence-electron chi connectivity index (χ1n) is 7.41. The summed E-state index contributed by atoms with van der Waals surface area (Å²) in [6.45, 7) is 6.22. The van der Waals surface area contributed by atoms with Gasteiger partial charge in [0.2, 0.25) is 0 Å². The lowest BCUT2D eigenvalue weighted by atomic mass is 10.1. The number of pyridine rings is 1. The Hall–Kier alpha value is -1.32. The number of aromatic nitrogens is 1. The Bertz CT molecular complexity index is 671. The minimum absolute atomic E-state index is 0.753. The molecule has 0 unspecified atom stereocenters. The Labute approximate surface area is 146 Å². The molecule has 22 heavy (non-hydrogen) atoms. The van der Waals surface area contributed by atoms with Crippen molar-refractivity contribution in [1.29, 1.82) is 0 Å². The Balaban J connectivity index is 2.46. The molecule has 1 aromatic rings. The fourth-order valence-corrected chi connectivity index (χ4v) is 2.77. The van der Waals surface area contributed by atoms with Crippen molar-refractivity contribution in [2.75, 3.05) is 0 Å². The predicted octanol–water partition coefficient (Wildman–Crippen LogP) is 6.23.